The Kier molecular flexibility index (Phi) is 4.75. The van der Waals surface area contributed by atoms with Gasteiger partial charge >= 0.3 is 0 Å². The van der Waals surface area contributed by atoms with E-state index in [9.17, 15) is 4.79 Å². The summed E-state index contributed by atoms with van der Waals surface area (Å²) in [6.45, 7) is 2.53. The van der Waals surface area contributed by atoms with Crippen molar-refractivity contribution in [1.29, 1.82) is 0 Å². The molecule has 0 bridgehead atoms. The largest absolute Gasteiger partial charge is 0.491 e. The Labute approximate surface area is 179 Å². The Balaban J connectivity index is 1.53. The van der Waals surface area contributed by atoms with Gasteiger partial charge in [-0.15, -0.1) is 0 Å². The van der Waals surface area contributed by atoms with Crippen LogP contribution in [-0.2, 0) is 5.54 Å². The lowest BCUT2D eigenvalue weighted by Gasteiger charge is -2.39. The molecule has 1 aliphatic rings. The number of aromatic nitrogens is 2. The zero-order chi connectivity index (χ0) is 21.3. The Morgan fingerprint density at radius 2 is 1.87 bits per heavy atom. The number of oxazole rings is 1. The first-order valence-corrected chi connectivity index (χ1v) is 10.1. The van der Waals surface area contributed by atoms with Gasteiger partial charge < -0.3 is 14.5 Å². The van der Waals surface area contributed by atoms with Crippen LogP contribution >= 0.6 is 0 Å². The van der Waals surface area contributed by atoms with Gasteiger partial charge in [0, 0.05) is 23.7 Å². The van der Waals surface area contributed by atoms with Crippen molar-refractivity contribution in [1.82, 2.24) is 15.3 Å². The molecule has 0 saturated carbocycles. The van der Waals surface area contributed by atoms with Crippen LogP contribution in [0.5, 0.6) is 5.75 Å². The number of hydrogen-bond acceptors (Lipinski definition) is 5. The predicted molar refractivity (Wildman–Crippen MR) is 116 cm³/mol. The van der Waals surface area contributed by atoms with Crippen molar-refractivity contribution in [3.8, 4) is 17.1 Å². The lowest BCUT2D eigenvalue weighted by Crippen LogP contribution is -2.50. The van der Waals surface area contributed by atoms with Crippen LogP contribution in [0.25, 0.3) is 11.3 Å². The maximum absolute atomic E-state index is 13.4. The fourth-order valence-corrected chi connectivity index (χ4v) is 3.98. The van der Waals surface area contributed by atoms with Crippen LogP contribution in [0.15, 0.2) is 83.9 Å². The molecule has 0 unspecified atom stereocenters. The maximum Gasteiger partial charge on any atom is 0.252 e. The Morgan fingerprint density at radius 3 is 2.61 bits per heavy atom. The third-order valence-corrected chi connectivity index (χ3v) is 5.64. The SMILES string of the molecule is Cc1ccc([C@@]2(NC(=O)c3ccc(-c4cnco4)cc3)CCOc3cccnc32)cc1. The van der Waals surface area contributed by atoms with E-state index in [1.807, 2.05) is 55.5 Å². The first kappa shape index (κ1) is 19.1. The molecule has 1 N–H and O–H groups in total. The zero-order valence-corrected chi connectivity index (χ0v) is 17.0. The van der Waals surface area contributed by atoms with Gasteiger partial charge in [0.2, 0.25) is 0 Å². The second-order valence-corrected chi connectivity index (χ2v) is 7.62. The number of aryl methyl sites for hydroxylation is 1. The monoisotopic (exact) mass is 411 g/mol. The number of fused-ring (bicyclic) bond motifs is 1. The van der Waals surface area contributed by atoms with E-state index in [0.717, 1.165) is 22.4 Å². The van der Waals surface area contributed by atoms with Gasteiger partial charge in [-0.1, -0.05) is 42.0 Å². The number of rotatable bonds is 4. The van der Waals surface area contributed by atoms with E-state index < -0.39 is 5.54 Å². The number of benzene rings is 2. The third kappa shape index (κ3) is 3.46. The smallest absolute Gasteiger partial charge is 0.252 e. The van der Waals surface area contributed by atoms with Crippen molar-refractivity contribution in [2.24, 2.45) is 0 Å². The minimum atomic E-state index is -0.775. The average Bonchev–Trinajstić information content (AvgIpc) is 3.35. The van der Waals surface area contributed by atoms with Crippen LogP contribution < -0.4 is 10.1 Å². The number of pyridine rings is 1. The molecule has 31 heavy (non-hydrogen) atoms. The van der Waals surface area contributed by atoms with Crippen LogP contribution in [0.2, 0.25) is 0 Å². The van der Waals surface area contributed by atoms with Crippen LogP contribution in [0.3, 0.4) is 0 Å². The second kappa shape index (κ2) is 7.72. The Morgan fingerprint density at radius 1 is 1.06 bits per heavy atom. The minimum absolute atomic E-state index is 0.178. The molecular weight excluding hydrogens is 390 g/mol. The number of amides is 1. The zero-order valence-electron chi connectivity index (χ0n) is 17.0. The van der Waals surface area contributed by atoms with Crippen molar-refractivity contribution in [2.45, 2.75) is 18.9 Å². The molecule has 0 saturated heterocycles. The van der Waals surface area contributed by atoms with Crippen LogP contribution in [-0.4, -0.2) is 22.5 Å². The normalized spacial score (nSPS) is 17.5. The molecule has 0 aliphatic carbocycles. The number of nitrogens with one attached hydrogen (secondary N) is 1. The molecule has 1 amide bonds. The number of nitrogens with zero attached hydrogens (tertiary/aromatic N) is 2. The first-order valence-electron chi connectivity index (χ1n) is 10.1. The average molecular weight is 411 g/mol. The highest BCUT2D eigenvalue weighted by Gasteiger charge is 2.42. The molecule has 0 fully saturated rings. The summed E-state index contributed by atoms with van der Waals surface area (Å²) in [7, 11) is 0. The molecule has 1 aliphatic heterocycles. The van der Waals surface area contributed by atoms with Crippen molar-refractivity contribution in [3.05, 3.63) is 102 Å². The standard InChI is InChI=1S/C25H21N3O3/c1-17-4-10-20(11-5-17)25(12-14-30-21-3-2-13-27-23(21)25)28-24(29)19-8-6-18(7-9-19)22-15-26-16-31-22/h2-11,13,15-16H,12,14H2,1H3,(H,28,29)/t25-/m0/s1. The molecule has 5 rings (SSSR count). The van der Waals surface area contributed by atoms with Crippen LogP contribution in [0.4, 0.5) is 0 Å². The fraction of sp³-hybridized carbons (Fsp3) is 0.160. The van der Waals surface area contributed by atoms with Crippen molar-refractivity contribution < 1.29 is 13.9 Å². The van der Waals surface area contributed by atoms with Gasteiger partial charge in [0.25, 0.3) is 5.91 Å². The summed E-state index contributed by atoms with van der Waals surface area (Å²) in [5.74, 6) is 1.17. The highest BCUT2D eigenvalue weighted by Crippen LogP contribution is 2.40. The van der Waals surface area contributed by atoms with E-state index in [0.29, 0.717) is 30.1 Å². The third-order valence-electron chi connectivity index (χ3n) is 5.64. The fourth-order valence-electron chi connectivity index (χ4n) is 3.98. The molecule has 0 radical (unpaired) electrons. The summed E-state index contributed by atoms with van der Waals surface area (Å²) in [4.78, 5) is 21.9. The van der Waals surface area contributed by atoms with Gasteiger partial charge in [-0.3, -0.25) is 9.78 Å². The van der Waals surface area contributed by atoms with E-state index in [1.165, 1.54) is 6.39 Å². The second-order valence-electron chi connectivity index (χ2n) is 7.62. The van der Waals surface area contributed by atoms with Gasteiger partial charge in [0.15, 0.2) is 12.2 Å². The lowest BCUT2D eigenvalue weighted by molar-refractivity contribution is 0.0883. The topological polar surface area (TPSA) is 77.2 Å². The molecule has 4 aromatic rings. The van der Waals surface area contributed by atoms with Gasteiger partial charge in [-0.2, -0.15) is 0 Å². The van der Waals surface area contributed by atoms with Crippen molar-refractivity contribution >= 4 is 5.91 Å². The van der Waals surface area contributed by atoms with E-state index in [-0.39, 0.29) is 5.91 Å². The molecular formula is C25H21N3O3. The molecule has 6 heteroatoms. The molecule has 154 valence electrons. The van der Waals surface area contributed by atoms with Crippen molar-refractivity contribution in [2.75, 3.05) is 6.61 Å². The van der Waals surface area contributed by atoms with Gasteiger partial charge in [-0.25, -0.2) is 4.98 Å². The summed E-state index contributed by atoms with van der Waals surface area (Å²) < 4.78 is 11.2. The van der Waals surface area contributed by atoms with Gasteiger partial charge in [0.05, 0.1) is 12.8 Å². The van der Waals surface area contributed by atoms with E-state index in [1.54, 1.807) is 24.5 Å². The molecule has 1 atom stereocenters. The molecule has 2 aromatic heterocycles. The molecule has 3 heterocycles. The minimum Gasteiger partial charge on any atom is -0.491 e. The van der Waals surface area contributed by atoms with E-state index in [4.69, 9.17) is 9.15 Å². The first-order chi connectivity index (χ1) is 15.2. The highest BCUT2D eigenvalue weighted by molar-refractivity contribution is 5.95. The molecule has 6 nitrogen and oxygen atoms in total. The number of ether oxygens (including phenoxy) is 1. The summed E-state index contributed by atoms with van der Waals surface area (Å²) in [5, 5.41) is 3.28. The van der Waals surface area contributed by atoms with E-state index in [2.05, 4.69) is 15.3 Å². The number of hydrogen-bond donors (Lipinski definition) is 1. The summed E-state index contributed by atoms with van der Waals surface area (Å²) in [5.41, 5.74) is 3.49. The van der Waals surface area contributed by atoms with Crippen molar-refractivity contribution in [3.63, 3.8) is 0 Å². The summed E-state index contributed by atoms with van der Waals surface area (Å²) in [6, 6.07) is 19.2. The van der Waals surface area contributed by atoms with Gasteiger partial charge in [-0.05, 0) is 36.8 Å². The summed E-state index contributed by atoms with van der Waals surface area (Å²) in [6.07, 6.45) is 5.35. The van der Waals surface area contributed by atoms with E-state index >= 15 is 0 Å². The molecule has 0 spiro atoms. The molecule has 2 aromatic carbocycles. The Bertz CT molecular complexity index is 1200. The Hall–Kier alpha value is -3.93. The van der Waals surface area contributed by atoms with Crippen LogP contribution in [0, 0.1) is 6.92 Å². The predicted octanol–water partition coefficient (Wildman–Crippen LogP) is 4.50. The number of carbonyl (C=O) groups is 1. The lowest BCUT2D eigenvalue weighted by atomic mass is 9.81. The highest BCUT2D eigenvalue weighted by atomic mass is 16.5. The summed E-state index contributed by atoms with van der Waals surface area (Å²) >= 11 is 0. The quantitative estimate of drug-likeness (QED) is 0.535. The van der Waals surface area contributed by atoms with Gasteiger partial charge in [0.1, 0.15) is 17.0 Å². The maximum atomic E-state index is 13.4. The number of carbonyl (C=O) groups excluding carboxylic acids is 1. The van der Waals surface area contributed by atoms with Crippen LogP contribution in [0.1, 0.15) is 33.6 Å².